The van der Waals surface area contributed by atoms with E-state index < -0.39 is 35.3 Å². The molecule has 122 valence electrons. The number of aliphatic hydroxyl groups is 1. The number of benzene rings is 1. The summed E-state index contributed by atoms with van der Waals surface area (Å²) in [7, 11) is 0. The zero-order valence-electron chi connectivity index (χ0n) is 12.1. The van der Waals surface area contributed by atoms with E-state index in [1.54, 1.807) is 0 Å². The van der Waals surface area contributed by atoms with E-state index in [0.29, 0.717) is 19.6 Å². The van der Waals surface area contributed by atoms with Crippen molar-refractivity contribution < 1.29 is 27.8 Å². The summed E-state index contributed by atoms with van der Waals surface area (Å²) in [6.07, 6.45) is 0.381. The van der Waals surface area contributed by atoms with Crippen molar-refractivity contribution in [1.82, 2.24) is 4.98 Å². The van der Waals surface area contributed by atoms with Crippen LogP contribution in [-0.2, 0) is 11.3 Å². The number of aliphatic hydroxyl groups excluding tert-OH is 1. The minimum atomic E-state index is -0.986. The third-order valence-electron chi connectivity index (χ3n) is 3.51. The molecule has 1 fully saturated rings. The Morgan fingerprint density at radius 1 is 1.17 bits per heavy atom. The monoisotopic (exact) mass is 325 g/mol. The smallest absolute Gasteiger partial charge is 0.149 e. The van der Waals surface area contributed by atoms with Gasteiger partial charge in [0.2, 0.25) is 0 Å². The van der Waals surface area contributed by atoms with E-state index in [4.69, 9.17) is 14.6 Å². The Balaban J connectivity index is 1.97. The molecule has 3 rings (SSSR count). The minimum Gasteiger partial charge on any atom is -0.488 e. The van der Waals surface area contributed by atoms with Gasteiger partial charge in [-0.15, -0.1) is 0 Å². The summed E-state index contributed by atoms with van der Waals surface area (Å²) in [5.74, 6) is -2.84. The van der Waals surface area contributed by atoms with Crippen LogP contribution in [0, 0.1) is 17.5 Å². The summed E-state index contributed by atoms with van der Waals surface area (Å²) < 4.78 is 53.0. The second-order valence-electron chi connectivity index (χ2n) is 5.16. The van der Waals surface area contributed by atoms with E-state index >= 15 is 0 Å². The highest BCUT2D eigenvalue weighted by Gasteiger charge is 2.22. The van der Waals surface area contributed by atoms with Gasteiger partial charge in [-0.2, -0.15) is 0 Å². The lowest BCUT2D eigenvalue weighted by Crippen LogP contribution is -2.16. The van der Waals surface area contributed by atoms with E-state index in [1.165, 1.54) is 6.07 Å². The van der Waals surface area contributed by atoms with Gasteiger partial charge in [0.1, 0.15) is 35.0 Å². The van der Waals surface area contributed by atoms with Crippen LogP contribution >= 0.6 is 0 Å². The summed E-state index contributed by atoms with van der Waals surface area (Å²) in [5, 5.41) is 9.04. The Kier molecular flexibility index (Phi) is 4.49. The normalized spacial score (nSPS) is 17.5. The van der Waals surface area contributed by atoms with Crippen LogP contribution in [0.5, 0.6) is 5.75 Å². The number of pyridine rings is 1. The van der Waals surface area contributed by atoms with Crippen LogP contribution < -0.4 is 4.74 Å². The van der Waals surface area contributed by atoms with Crippen LogP contribution in [0.2, 0.25) is 0 Å². The van der Waals surface area contributed by atoms with Crippen molar-refractivity contribution in [3.63, 3.8) is 0 Å². The molecule has 0 spiro atoms. The predicted octanol–water partition coefficient (Wildman–Crippen LogP) is 2.83. The molecule has 1 saturated heterocycles. The highest BCUT2D eigenvalue weighted by molar-refractivity contribution is 5.63. The summed E-state index contributed by atoms with van der Waals surface area (Å²) in [5.41, 5.74) is -0.959. The van der Waals surface area contributed by atoms with E-state index in [-0.39, 0.29) is 17.5 Å². The fourth-order valence-corrected chi connectivity index (χ4v) is 2.39. The van der Waals surface area contributed by atoms with Crippen molar-refractivity contribution >= 4 is 0 Å². The molecule has 0 saturated carbocycles. The molecule has 4 nitrogen and oxygen atoms in total. The maximum Gasteiger partial charge on any atom is 0.149 e. The average molecular weight is 325 g/mol. The van der Waals surface area contributed by atoms with Gasteiger partial charge in [-0.3, -0.25) is 0 Å². The van der Waals surface area contributed by atoms with Crippen LogP contribution in [0.15, 0.2) is 24.3 Å². The lowest BCUT2D eigenvalue weighted by molar-refractivity contribution is 0.141. The van der Waals surface area contributed by atoms with Crippen LogP contribution in [-0.4, -0.2) is 29.4 Å². The van der Waals surface area contributed by atoms with Gasteiger partial charge in [0, 0.05) is 18.6 Å². The zero-order valence-corrected chi connectivity index (χ0v) is 12.1. The largest absolute Gasteiger partial charge is 0.488 e. The van der Waals surface area contributed by atoms with Crippen LogP contribution in [0.1, 0.15) is 12.1 Å². The number of rotatable bonds is 4. The van der Waals surface area contributed by atoms with Gasteiger partial charge >= 0.3 is 0 Å². The number of hydrogen-bond donors (Lipinski definition) is 1. The molecule has 1 aromatic carbocycles. The number of ether oxygens (including phenoxy) is 2. The van der Waals surface area contributed by atoms with Crippen molar-refractivity contribution in [2.24, 2.45) is 0 Å². The quantitative estimate of drug-likeness (QED) is 0.939. The Hall–Kier alpha value is -2.12. The van der Waals surface area contributed by atoms with Gasteiger partial charge in [0.25, 0.3) is 0 Å². The summed E-state index contributed by atoms with van der Waals surface area (Å²) in [6.45, 7) is 0.440. The maximum absolute atomic E-state index is 14.3. The van der Waals surface area contributed by atoms with Gasteiger partial charge in [0.05, 0.1) is 31.1 Å². The highest BCUT2D eigenvalue weighted by Crippen LogP contribution is 2.31. The van der Waals surface area contributed by atoms with E-state index in [9.17, 15) is 13.2 Å². The van der Waals surface area contributed by atoms with Crippen LogP contribution in [0.4, 0.5) is 13.2 Å². The Labute approximate surface area is 130 Å². The molecule has 1 aliphatic heterocycles. The summed E-state index contributed by atoms with van der Waals surface area (Å²) in [4.78, 5) is 3.75. The second-order valence-corrected chi connectivity index (χ2v) is 5.16. The molecule has 1 aromatic heterocycles. The standard InChI is InChI=1S/C16H14F3NO3/c17-12-2-1-9(7-21)20-16(12)15-13(18)5-11(6-14(15)19)23-10-3-4-22-8-10/h1-2,5-6,10,21H,3-4,7-8H2/t10-/m1/s1. The van der Waals surface area contributed by atoms with Crippen molar-refractivity contribution in [2.45, 2.75) is 19.1 Å². The Bertz CT molecular complexity index is 695. The molecule has 0 amide bonds. The second kappa shape index (κ2) is 6.55. The Morgan fingerprint density at radius 2 is 1.91 bits per heavy atom. The summed E-state index contributed by atoms with van der Waals surface area (Å²) >= 11 is 0. The van der Waals surface area contributed by atoms with Crippen molar-refractivity contribution in [3.05, 3.63) is 47.4 Å². The molecule has 23 heavy (non-hydrogen) atoms. The van der Waals surface area contributed by atoms with Crippen LogP contribution in [0.3, 0.4) is 0 Å². The fourth-order valence-electron chi connectivity index (χ4n) is 2.39. The molecule has 1 aliphatic rings. The van der Waals surface area contributed by atoms with E-state index in [2.05, 4.69) is 4.98 Å². The lowest BCUT2D eigenvalue weighted by atomic mass is 10.1. The average Bonchev–Trinajstić information content (AvgIpc) is 3.01. The first-order chi connectivity index (χ1) is 11.1. The van der Waals surface area contributed by atoms with E-state index in [1.807, 2.05) is 0 Å². The van der Waals surface area contributed by atoms with Gasteiger partial charge in [-0.1, -0.05) is 0 Å². The van der Waals surface area contributed by atoms with Gasteiger partial charge < -0.3 is 14.6 Å². The topological polar surface area (TPSA) is 51.6 Å². The molecule has 0 aliphatic carbocycles. The zero-order chi connectivity index (χ0) is 16.4. The third kappa shape index (κ3) is 3.30. The number of hydrogen-bond acceptors (Lipinski definition) is 4. The first-order valence-corrected chi connectivity index (χ1v) is 7.08. The predicted molar refractivity (Wildman–Crippen MR) is 75.3 cm³/mol. The molecule has 0 bridgehead atoms. The minimum absolute atomic E-state index is 0.0120. The summed E-state index contributed by atoms with van der Waals surface area (Å²) in [6, 6.07) is 4.23. The van der Waals surface area contributed by atoms with E-state index in [0.717, 1.165) is 18.2 Å². The fraction of sp³-hybridized carbons (Fsp3) is 0.312. The molecular weight excluding hydrogens is 311 g/mol. The Morgan fingerprint density at radius 3 is 2.52 bits per heavy atom. The molecule has 0 radical (unpaired) electrons. The van der Waals surface area contributed by atoms with Crippen molar-refractivity contribution in [3.8, 4) is 17.0 Å². The molecule has 1 N–H and O–H groups in total. The van der Waals surface area contributed by atoms with Gasteiger partial charge in [-0.25, -0.2) is 18.2 Å². The first kappa shape index (κ1) is 15.8. The molecule has 7 heteroatoms. The third-order valence-corrected chi connectivity index (χ3v) is 3.51. The number of halogens is 3. The maximum atomic E-state index is 14.3. The van der Waals surface area contributed by atoms with Crippen molar-refractivity contribution in [1.29, 1.82) is 0 Å². The van der Waals surface area contributed by atoms with Crippen molar-refractivity contribution in [2.75, 3.05) is 13.2 Å². The lowest BCUT2D eigenvalue weighted by Gasteiger charge is -2.14. The first-order valence-electron chi connectivity index (χ1n) is 7.08. The SMILES string of the molecule is OCc1ccc(F)c(-c2c(F)cc(O[C@@H]3CCOC3)cc2F)n1. The molecule has 2 aromatic rings. The molecule has 2 heterocycles. The molecule has 0 unspecified atom stereocenters. The molecule has 1 atom stereocenters. The van der Waals surface area contributed by atoms with Crippen LogP contribution in [0.25, 0.3) is 11.3 Å². The number of aromatic nitrogens is 1. The number of nitrogens with zero attached hydrogens (tertiary/aromatic N) is 1. The molecular formula is C16H14F3NO3. The highest BCUT2D eigenvalue weighted by atomic mass is 19.1. The van der Waals surface area contributed by atoms with Gasteiger partial charge in [0.15, 0.2) is 0 Å². The van der Waals surface area contributed by atoms with Gasteiger partial charge in [-0.05, 0) is 12.1 Å².